The van der Waals surface area contributed by atoms with Crippen LogP contribution in [0.4, 0.5) is 0 Å². The second-order valence-electron chi connectivity index (χ2n) is 5.47. The lowest BCUT2D eigenvalue weighted by Crippen LogP contribution is -2.03. The van der Waals surface area contributed by atoms with Crippen LogP contribution < -0.4 is 4.74 Å². The van der Waals surface area contributed by atoms with Crippen LogP contribution in [0.3, 0.4) is 0 Å². The highest BCUT2D eigenvalue weighted by Gasteiger charge is 2.13. The highest BCUT2D eigenvalue weighted by molar-refractivity contribution is 6.30. The van der Waals surface area contributed by atoms with E-state index < -0.39 is 0 Å². The third-order valence-electron chi connectivity index (χ3n) is 3.78. The number of pyridine rings is 1. The Morgan fingerprint density at radius 1 is 1.08 bits per heavy atom. The lowest BCUT2D eigenvalue weighted by atomic mass is 10.1. The zero-order valence-corrected chi connectivity index (χ0v) is 13.6. The minimum Gasteiger partial charge on any atom is -0.427 e. The molecule has 0 unspecified atom stereocenters. The number of fused-ring (bicyclic) bond motifs is 3. The fraction of sp³-hybridized carbons (Fsp3) is 0.0526. The van der Waals surface area contributed by atoms with Gasteiger partial charge in [-0.05, 0) is 29.8 Å². The molecule has 0 amide bonds. The van der Waals surface area contributed by atoms with E-state index in [0.717, 1.165) is 27.9 Å². The highest BCUT2D eigenvalue weighted by Crippen LogP contribution is 2.30. The van der Waals surface area contributed by atoms with Crippen molar-refractivity contribution < 1.29 is 9.53 Å². The van der Waals surface area contributed by atoms with Crippen molar-refractivity contribution in [2.75, 3.05) is 0 Å². The molecule has 0 atom stereocenters. The quantitative estimate of drug-likeness (QED) is 0.497. The van der Waals surface area contributed by atoms with Gasteiger partial charge in [0, 0.05) is 24.1 Å². The Morgan fingerprint density at radius 2 is 1.83 bits per heavy atom. The normalized spacial score (nSPS) is 11.1. The number of benzene rings is 2. The van der Waals surface area contributed by atoms with Crippen LogP contribution >= 0.6 is 11.6 Å². The molecule has 2 aromatic carbocycles. The molecule has 0 N–H and O–H groups in total. The minimum absolute atomic E-state index is 0.363. The molecule has 4 nitrogen and oxygen atoms in total. The van der Waals surface area contributed by atoms with E-state index >= 15 is 0 Å². The van der Waals surface area contributed by atoms with E-state index in [4.69, 9.17) is 16.3 Å². The summed E-state index contributed by atoms with van der Waals surface area (Å²) in [6.07, 6.45) is 0. The van der Waals surface area contributed by atoms with E-state index in [1.807, 2.05) is 59.0 Å². The standard InChI is InChI=1S/C19H13ClN2O2/c1-12(23)24-15-10-18(13-6-8-14(20)9-7-13)22-17-5-3-2-4-16(17)21-19(22)11-15/h2-11H,1H3. The van der Waals surface area contributed by atoms with Gasteiger partial charge in [-0.15, -0.1) is 0 Å². The van der Waals surface area contributed by atoms with E-state index in [1.54, 1.807) is 6.07 Å². The molecule has 4 rings (SSSR count). The third-order valence-corrected chi connectivity index (χ3v) is 4.03. The van der Waals surface area contributed by atoms with Crippen LogP contribution in [0.2, 0.25) is 5.02 Å². The number of hydrogen-bond donors (Lipinski definition) is 0. The van der Waals surface area contributed by atoms with Crippen LogP contribution in [-0.4, -0.2) is 15.4 Å². The number of imidazole rings is 1. The summed E-state index contributed by atoms with van der Waals surface area (Å²) in [6, 6.07) is 19.0. The molecule has 0 saturated carbocycles. The minimum atomic E-state index is -0.363. The Bertz CT molecular complexity index is 1070. The van der Waals surface area contributed by atoms with Crippen molar-refractivity contribution in [3.05, 3.63) is 65.7 Å². The van der Waals surface area contributed by atoms with Crippen LogP contribution in [0.1, 0.15) is 6.92 Å². The average molecular weight is 337 g/mol. The molecule has 2 aromatic heterocycles. The molecule has 2 heterocycles. The van der Waals surface area contributed by atoms with Crippen molar-refractivity contribution in [2.45, 2.75) is 6.92 Å². The summed E-state index contributed by atoms with van der Waals surface area (Å²) in [5, 5.41) is 0.668. The summed E-state index contributed by atoms with van der Waals surface area (Å²) in [6.45, 7) is 1.38. The first kappa shape index (κ1) is 14.7. The maximum absolute atomic E-state index is 11.3. The molecule has 4 aromatic rings. The van der Waals surface area contributed by atoms with Gasteiger partial charge in [-0.1, -0.05) is 35.9 Å². The number of carbonyl (C=O) groups excluding carboxylic acids is 1. The van der Waals surface area contributed by atoms with Gasteiger partial charge in [0.2, 0.25) is 0 Å². The van der Waals surface area contributed by atoms with Gasteiger partial charge in [0.25, 0.3) is 0 Å². The van der Waals surface area contributed by atoms with Gasteiger partial charge in [-0.3, -0.25) is 9.20 Å². The van der Waals surface area contributed by atoms with E-state index in [2.05, 4.69) is 4.98 Å². The topological polar surface area (TPSA) is 43.6 Å². The second kappa shape index (κ2) is 5.65. The van der Waals surface area contributed by atoms with Gasteiger partial charge in [0.05, 0.1) is 16.7 Å². The van der Waals surface area contributed by atoms with Gasteiger partial charge in [0.1, 0.15) is 11.4 Å². The van der Waals surface area contributed by atoms with Crippen molar-refractivity contribution in [1.29, 1.82) is 0 Å². The number of ether oxygens (including phenoxy) is 1. The lowest BCUT2D eigenvalue weighted by molar-refractivity contribution is -0.131. The number of aromatic nitrogens is 2. The van der Waals surface area contributed by atoms with Crippen LogP contribution in [0.5, 0.6) is 5.75 Å². The number of hydrogen-bond acceptors (Lipinski definition) is 3. The number of rotatable bonds is 2. The molecule has 118 valence electrons. The van der Waals surface area contributed by atoms with E-state index in [9.17, 15) is 4.79 Å². The van der Waals surface area contributed by atoms with E-state index in [0.29, 0.717) is 10.8 Å². The van der Waals surface area contributed by atoms with Crippen molar-refractivity contribution in [3.8, 4) is 17.0 Å². The molecule has 5 heteroatoms. The van der Waals surface area contributed by atoms with Crippen LogP contribution in [0.25, 0.3) is 27.9 Å². The highest BCUT2D eigenvalue weighted by atomic mass is 35.5. The first-order valence-electron chi connectivity index (χ1n) is 7.47. The molecule has 0 saturated heterocycles. The molecule has 0 bridgehead atoms. The molecule has 0 aliphatic rings. The van der Waals surface area contributed by atoms with Crippen molar-refractivity contribution in [3.63, 3.8) is 0 Å². The Morgan fingerprint density at radius 3 is 2.58 bits per heavy atom. The average Bonchev–Trinajstić information content (AvgIpc) is 2.92. The fourth-order valence-corrected chi connectivity index (χ4v) is 2.95. The van der Waals surface area contributed by atoms with Gasteiger partial charge in [-0.2, -0.15) is 0 Å². The molecule has 0 aliphatic heterocycles. The van der Waals surface area contributed by atoms with Crippen LogP contribution in [0.15, 0.2) is 60.7 Å². The maximum Gasteiger partial charge on any atom is 0.308 e. The molecule has 24 heavy (non-hydrogen) atoms. The number of halogens is 1. The molecule has 0 aliphatic carbocycles. The maximum atomic E-state index is 11.3. The molecule has 0 fully saturated rings. The summed E-state index contributed by atoms with van der Waals surface area (Å²) in [5.74, 6) is 0.104. The van der Waals surface area contributed by atoms with E-state index in [-0.39, 0.29) is 5.97 Å². The SMILES string of the molecule is CC(=O)Oc1cc(-c2ccc(Cl)cc2)n2c(c1)nc1ccccc12. The van der Waals surface area contributed by atoms with Gasteiger partial charge in [0.15, 0.2) is 0 Å². The summed E-state index contributed by atoms with van der Waals surface area (Å²) < 4.78 is 7.33. The van der Waals surface area contributed by atoms with E-state index in [1.165, 1.54) is 6.92 Å². The Balaban J connectivity index is 2.06. The molecular formula is C19H13ClN2O2. The van der Waals surface area contributed by atoms with Crippen molar-refractivity contribution in [1.82, 2.24) is 9.38 Å². The molecule has 0 spiro atoms. The summed E-state index contributed by atoms with van der Waals surface area (Å²) in [5.41, 5.74) is 4.44. The van der Waals surface area contributed by atoms with Gasteiger partial charge < -0.3 is 4.74 Å². The Hall–Kier alpha value is -2.85. The predicted octanol–water partition coefficient (Wildman–Crippen LogP) is 4.73. The van der Waals surface area contributed by atoms with Crippen LogP contribution in [0, 0.1) is 0 Å². The van der Waals surface area contributed by atoms with Gasteiger partial charge in [-0.25, -0.2) is 4.98 Å². The van der Waals surface area contributed by atoms with Gasteiger partial charge >= 0.3 is 5.97 Å². The third kappa shape index (κ3) is 2.51. The largest absolute Gasteiger partial charge is 0.427 e. The van der Waals surface area contributed by atoms with Crippen molar-refractivity contribution >= 4 is 34.3 Å². The Kier molecular flexibility index (Phi) is 3.47. The number of esters is 1. The molecule has 0 radical (unpaired) electrons. The zero-order chi connectivity index (χ0) is 16.7. The van der Waals surface area contributed by atoms with Crippen LogP contribution in [-0.2, 0) is 4.79 Å². The molecular weight excluding hydrogens is 324 g/mol. The fourth-order valence-electron chi connectivity index (χ4n) is 2.82. The number of nitrogens with zero attached hydrogens (tertiary/aromatic N) is 2. The number of carbonyl (C=O) groups is 1. The predicted molar refractivity (Wildman–Crippen MR) is 94.5 cm³/mol. The first-order chi connectivity index (χ1) is 11.6. The lowest BCUT2D eigenvalue weighted by Gasteiger charge is -2.10. The monoisotopic (exact) mass is 336 g/mol. The first-order valence-corrected chi connectivity index (χ1v) is 7.85. The van der Waals surface area contributed by atoms with Crippen molar-refractivity contribution in [2.24, 2.45) is 0 Å². The summed E-state index contributed by atoms with van der Waals surface area (Å²) in [7, 11) is 0. The number of para-hydroxylation sites is 2. The summed E-state index contributed by atoms with van der Waals surface area (Å²) >= 11 is 6.00. The summed E-state index contributed by atoms with van der Waals surface area (Å²) in [4.78, 5) is 16.0. The Labute approximate surface area is 143 Å². The second-order valence-corrected chi connectivity index (χ2v) is 5.91. The smallest absolute Gasteiger partial charge is 0.308 e. The zero-order valence-electron chi connectivity index (χ0n) is 12.9.